The number of ether oxygens (including phenoxy) is 3. The number of rotatable bonds is 4. The minimum absolute atomic E-state index is 0.0622. The molecule has 1 aromatic carbocycles. The van der Waals surface area contributed by atoms with E-state index >= 15 is 0 Å². The molecule has 1 aromatic rings. The van der Waals surface area contributed by atoms with Crippen molar-refractivity contribution in [1.29, 1.82) is 0 Å². The van der Waals surface area contributed by atoms with Crippen LogP contribution in [0.5, 0.6) is 11.5 Å². The van der Waals surface area contributed by atoms with Crippen molar-refractivity contribution in [3.05, 3.63) is 23.8 Å². The molecule has 0 aromatic heterocycles. The summed E-state index contributed by atoms with van der Waals surface area (Å²) in [6, 6.07) is 6.13. The van der Waals surface area contributed by atoms with Crippen molar-refractivity contribution >= 4 is 5.91 Å². The van der Waals surface area contributed by atoms with Crippen LogP contribution >= 0.6 is 0 Å². The molecule has 0 radical (unpaired) electrons. The average Bonchev–Trinajstić information content (AvgIpc) is 3.21. The van der Waals surface area contributed by atoms with Gasteiger partial charge >= 0.3 is 0 Å². The fourth-order valence-corrected chi connectivity index (χ4v) is 3.82. The van der Waals surface area contributed by atoms with Gasteiger partial charge in [-0.25, -0.2) is 0 Å². The zero-order valence-electron chi connectivity index (χ0n) is 13.3. The van der Waals surface area contributed by atoms with Gasteiger partial charge in [0.2, 0.25) is 12.7 Å². The van der Waals surface area contributed by atoms with E-state index in [4.69, 9.17) is 14.2 Å². The number of nitrogens with zero attached hydrogens (tertiary/aromatic N) is 1. The first kappa shape index (κ1) is 14.8. The molecular formula is C17H22N2O4. The lowest BCUT2D eigenvalue weighted by Crippen LogP contribution is -2.28. The standard InChI is InChI=1S/C17H22N2O4/c1-18-17(20)6-13-5-12-8-19(9-16(12)23-13)7-11-2-3-14-15(4-11)22-10-21-14/h2-4,12-13,16H,5-10H2,1H3,(H,18,20)/t12-,13+,16-/m1/s1. The number of fused-ring (bicyclic) bond motifs is 2. The Kier molecular flexibility index (Phi) is 3.87. The Bertz CT molecular complexity index is 592. The van der Waals surface area contributed by atoms with Crippen molar-refractivity contribution in [2.75, 3.05) is 26.9 Å². The van der Waals surface area contributed by atoms with Crippen LogP contribution in [-0.4, -0.2) is 49.9 Å². The van der Waals surface area contributed by atoms with Crippen molar-refractivity contribution in [3.8, 4) is 11.5 Å². The molecule has 0 unspecified atom stereocenters. The molecule has 4 rings (SSSR count). The third-order valence-corrected chi connectivity index (χ3v) is 4.92. The molecule has 0 spiro atoms. The second-order valence-corrected chi connectivity index (χ2v) is 6.55. The monoisotopic (exact) mass is 318 g/mol. The Morgan fingerprint density at radius 2 is 2.17 bits per heavy atom. The molecule has 0 saturated carbocycles. The summed E-state index contributed by atoms with van der Waals surface area (Å²) in [7, 11) is 1.67. The molecule has 0 aliphatic carbocycles. The van der Waals surface area contributed by atoms with Crippen LogP contribution in [0.4, 0.5) is 0 Å². The van der Waals surface area contributed by atoms with E-state index < -0.39 is 0 Å². The molecule has 0 bridgehead atoms. The van der Waals surface area contributed by atoms with Crippen LogP contribution in [0.3, 0.4) is 0 Å². The molecule has 3 aliphatic rings. The number of hydrogen-bond acceptors (Lipinski definition) is 5. The minimum atomic E-state index is 0.0622. The number of carbonyl (C=O) groups excluding carboxylic acids is 1. The van der Waals surface area contributed by atoms with Gasteiger partial charge in [0.15, 0.2) is 11.5 Å². The molecule has 3 heterocycles. The molecular weight excluding hydrogens is 296 g/mol. The van der Waals surface area contributed by atoms with Crippen molar-refractivity contribution in [2.45, 2.75) is 31.6 Å². The molecule has 1 N–H and O–H groups in total. The van der Waals surface area contributed by atoms with Crippen LogP contribution in [0.2, 0.25) is 0 Å². The summed E-state index contributed by atoms with van der Waals surface area (Å²) < 4.78 is 16.8. The summed E-state index contributed by atoms with van der Waals surface area (Å²) in [5.74, 6) is 2.27. The number of nitrogens with one attached hydrogen (secondary N) is 1. The Balaban J connectivity index is 1.32. The largest absolute Gasteiger partial charge is 0.454 e. The van der Waals surface area contributed by atoms with Crippen LogP contribution in [0.15, 0.2) is 18.2 Å². The SMILES string of the molecule is CNC(=O)C[C@@H]1C[C@@H]2CN(Cc3ccc4c(c3)OCO4)C[C@H]2O1. The maximum Gasteiger partial charge on any atom is 0.231 e. The first-order valence-corrected chi connectivity index (χ1v) is 8.18. The van der Waals surface area contributed by atoms with Crippen LogP contribution < -0.4 is 14.8 Å². The summed E-state index contributed by atoms with van der Waals surface area (Å²) in [6.45, 7) is 3.17. The van der Waals surface area contributed by atoms with Crippen molar-refractivity contribution < 1.29 is 19.0 Å². The molecule has 3 aliphatic heterocycles. The number of amides is 1. The Hall–Kier alpha value is -1.79. The lowest BCUT2D eigenvalue weighted by Gasteiger charge is -2.19. The van der Waals surface area contributed by atoms with Crippen molar-refractivity contribution in [3.63, 3.8) is 0 Å². The summed E-state index contributed by atoms with van der Waals surface area (Å²) in [4.78, 5) is 13.9. The van der Waals surface area contributed by atoms with Crippen molar-refractivity contribution in [1.82, 2.24) is 10.2 Å². The van der Waals surface area contributed by atoms with Gasteiger partial charge in [0.1, 0.15) is 0 Å². The van der Waals surface area contributed by atoms with E-state index in [1.54, 1.807) is 7.05 Å². The van der Waals surface area contributed by atoms with Crippen molar-refractivity contribution in [2.24, 2.45) is 5.92 Å². The van der Waals surface area contributed by atoms with E-state index in [-0.39, 0.29) is 18.1 Å². The van der Waals surface area contributed by atoms with Gasteiger partial charge in [-0.05, 0) is 24.1 Å². The Morgan fingerprint density at radius 3 is 3.00 bits per heavy atom. The predicted octanol–water partition coefficient (Wildman–Crippen LogP) is 1.14. The second-order valence-electron chi connectivity index (χ2n) is 6.55. The number of hydrogen-bond donors (Lipinski definition) is 1. The van der Waals surface area contributed by atoms with Crippen LogP contribution in [0.1, 0.15) is 18.4 Å². The van der Waals surface area contributed by atoms with E-state index in [9.17, 15) is 4.79 Å². The van der Waals surface area contributed by atoms with Crippen LogP contribution in [0, 0.1) is 5.92 Å². The predicted molar refractivity (Wildman–Crippen MR) is 83.3 cm³/mol. The van der Waals surface area contributed by atoms with E-state index in [1.165, 1.54) is 5.56 Å². The van der Waals surface area contributed by atoms with E-state index in [2.05, 4.69) is 22.3 Å². The first-order chi connectivity index (χ1) is 11.2. The molecule has 23 heavy (non-hydrogen) atoms. The van der Waals surface area contributed by atoms with E-state index in [0.717, 1.165) is 37.6 Å². The zero-order chi connectivity index (χ0) is 15.8. The van der Waals surface area contributed by atoms with Gasteiger partial charge in [-0.15, -0.1) is 0 Å². The normalized spacial score (nSPS) is 28.8. The van der Waals surface area contributed by atoms with Gasteiger partial charge in [0.05, 0.1) is 18.6 Å². The maximum atomic E-state index is 11.5. The number of carbonyl (C=O) groups is 1. The molecule has 2 fully saturated rings. The van der Waals surface area contributed by atoms with Gasteiger partial charge in [0, 0.05) is 32.6 Å². The summed E-state index contributed by atoms with van der Waals surface area (Å²) >= 11 is 0. The first-order valence-electron chi connectivity index (χ1n) is 8.18. The Labute approximate surface area is 135 Å². The lowest BCUT2D eigenvalue weighted by atomic mass is 10.0. The van der Waals surface area contributed by atoms with Gasteiger partial charge in [-0.2, -0.15) is 0 Å². The second kappa shape index (κ2) is 6.02. The third kappa shape index (κ3) is 3.01. The maximum absolute atomic E-state index is 11.5. The molecule has 1 amide bonds. The van der Waals surface area contributed by atoms with E-state index in [0.29, 0.717) is 19.1 Å². The summed E-state index contributed by atoms with van der Waals surface area (Å²) in [5.41, 5.74) is 1.23. The highest BCUT2D eigenvalue weighted by molar-refractivity contribution is 5.76. The lowest BCUT2D eigenvalue weighted by molar-refractivity contribution is -0.123. The quantitative estimate of drug-likeness (QED) is 0.902. The van der Waals surface area contributed by atoms with Gasteiger partial charge in [0.25, 0.3) is 0 Å². The van der Waals surface area contributed by atoms with E-state index in [1.807, 2.05) is 6.07 Å². The molecule has 6 heteroatoms. The van der Waals surface area contributed by atoms with Gasteiger partial charge < -0.3 is 19.5 Å². The zero-order valence-corrected chi connectivity index (χ0v) is 13.3. The summed E-state index contributed by atoms with van der Waals surface area (Å²) in [5, 5.41) is 2.67. The smallest absolute Gasteiger partial charge is 0.231 e. The molecule has 124 valence electrons. The fourth-order valence-electron chi connectivity index (χ4n) is 3.82. The third-order valence-electron chi connectivity index (χ3n) is 4.92. The van der Waals surface area contributed by atoms with Gasteiger partial charge in [-0.1, -0.05) is 6.07 Å². The fraction of sp³-hybridized carbons (Fsp3) is 0.588. The molecule has 3 atom stereocenters. The topological polar surface area (TPSA) is 60.0 Å². The summed E-state index contributed by atoms with van der Waals surface area (Å²) in [6.07, 6.45) is 1.80. The highest BCUT2D eigenvalue weighted by atomic mass is 16.7. The Morgan fingerprint density at radius 1 is 1.30 bits per heavy atom. The average molecular weight is 318 g/mol. The molecule has 2 saturated heterocycles. The van der Waals surface area contributed by atoms with Crippen LogP contribution in [0.25, 0.3) is 0 Å². The minimum Gasteiger partial charge on any atom is -0.454 e. The highest BCUT2D eigenvalue weighted by Crippen LogP contribution is 2.36. The molecule has 6 nitrogen and oxygen atoms in total. The van der Waals surface area contributed by atoms with Crippen LogP contribution in [-0.2, 0) is 16.1 Å². The number of benzene rings is 1. The number of likely N-dealkylation sites (tertiary alicyclic amines) is 1. The highest BCUT2D eigenvalue weighted by Gasteiger charge is 2.42. The van der Waals surface area contributed by atoms with Gasteiger partial charge in [-0.3, -0.25) is 9.69 Å².